The van der Waals surface area contributed by atoms with E-state index >= 15 is 0 Å². The highest BCUT2D eigenvalue weighted by Crippen LogP contribution is 2.30. The van der Waals surface area contributed by atoms with Gasteiger partial charge >= 0.3 is 0 Å². The van der Waals surface area contributed by atoms with Gasteiger partial charge in [-0.05, 0) is 25.1 Å². The number of aromatic hydroxyl groups is 1. The number of hydrogen-bond acceptors (Lipinski definition) is 6. The maximum atomic E-state index is 9.36. The standard InChI is InChI=1S/C10H9N5OS/c1-5-12-13-10-15(5)14-9(17-10)6-2-3-8(16)7(11)4-6/h2-4,16H,11H2,1H3. The second-order valence-corrected chi connectivity index (χ2v) is 4.58. The number of hydrogen-bond donors (Lipinski definition) is 2. The van der Waals surface area contributed by atoms with Crippen molar-refractivity contribution in [3.8, 4) is 16.3 Å². The molecule has 0 aliphatic heterocycles. The number of nitrogen functional groups attached to an aromatic ring is 1. The highest BCUT2D eigenvalue weighted by atomic mass is 32.1. The van der Waals surface area contributed by atoms with Gasteiger partial charge in [0.2, 0.25) is 4.96 Å². The van der Waals surface area contributed by atoms with E-state index in [1.165, 1.54) is 11.3 Å². The molecule has 0 amide bonds. The van der Waals surface area contributed by atoms with Gasteiger partial charge < -0.3 is 10.8 Å². The first-order chi connectivity index (χ1) is 8.15. The molecule has 17 heavy (non-hydrogen) atoms. The van der Waals surface area contributed by atoms with Crippen LogP contribution < -0.4 is 5.73 Å². The lowest BCUT2D eigenvalue weighted by molar-refractivity contribution is 0.478. The summed E-state index contributed by atoms with van der Waals surface area (Å²) in [5.74, 6) is 0.821. The molecular weight excluding hydrogens is 238 g/mol. The second kappa shape index (κ2) is 3.42. The number of phenolic OH excluding ortho intramolecular Hbond substituents is 1. The van der Waals surface area contributed by atoms with E-state index in [1.807, 2.05) is 6.92 Å². The van der Waals surface area contributed by atoms with Crippen molar-refractivity contribution in [3.63, 3.8) is 0 Å². The predicted molar refractivity (Wildman–Crippen MR) is 64.9 cm³/mol. The molecule has 86 valence electrons. The fraction of sp³-hybridized carbons (Fsp3) is 0.100. The Hall–Kier alpha value is -2.15. The van der Waals surface area contributed by atoms with Gasteiger partial charge in [0.05, 0.1) is 5.69 Å². The average Bonchev–Trinajstić information content (AvgIpc) is 2.86. The molecule has 7 heteroatoms. The normalized spacial score (nSPS) is 11.1. The molecule has 3 rings (SSSR count). The minimum Gasteiger partial charge on any atom is -0.506 e. The van der Waals surface area contributed by atoms with E-state index < -0.39 is 0 Å². The van der Waals surface area contributed by atoms with Gasteiger partial charge in [-0.2, -0.15) is 9.61 Å². The number of anilines is 1. The quantitative estimate of drug-likeness (QED) is 0.502. The highest BCUT2D eigenvalue weighted by Gasteiger charge is 2.11. The van der Waals surface area contributed by atoms with E-state index in [9.17, 15) is 5.11 Å². The summed E-state index contributed by atoms with van der Waals surface area (Å²) in [6.07, 6.45) is 0. The van der Waals surface area contributed by atoms with Crippen LogP contribution in [-0.4, -0.2) is 24.9 Å². The summed E-state index contributed by atoms with van der Waals surface area (Å²) in [6.45, 7) is 1.84. The fourth-order valence-electron chi connectivity index (χ4n) is 1.52. The largest absolute Gasteiger partial charge is 0.506 e. The first-order valence-corrected chi connectivity index (χ1v) is 5.74. The first kappa shape index (κ1) is 10.0. The van der Waals surface area contributed by atoms with E-state index in [0.717, 1.165) is 21.4 Å². The maximum Gasteiger partial charge on any atom is 0.234 e. The zero-order valence-corrected chi connectivity index (χ0v) is 9.77. The minimum absolute atomic E-state index is 0.0768. The first-order valence-electron chi connectivity index (χ1n) is 4.93. The Morgan fingerprint density at radius 2 is 2.18 bits per heavy atom. The molecule has 3 N–H and O–H groups in total. The van der Waals surface area contributed by atoms with E-state index in [1.54, 1.807) is 22.7 Å². The van der Waals surface area contributed by atoms with Crippen LogP contribution in [0.25, 0.3) is 15.5 Å². The molecule has 3 aromatic rings. The van der Waals surface area contributed by atoms with Crippen LogP contribution in [0.3, 0.4) is 0 Å². The number of nitrogens with two attached hydrogens (primary N) is 1. The van der Waals surface area contributed by atoms with Crippen molar-refractivity contribution in [1.82, 2.24) is 19.8 Å². The van der Waals surface area contributed by atoms with Crippen LogP contribution in [0.2, 0.25) is 0 Å². The number of fused-ring (bicyclic) bond motifs is 1. The molecule has 0 aliphatic carbocycles. The van der Waals surface area contributed by atoms with Crippen molar-refractivity contribution < 1.29 is 5.11 Å². The van der Waals surface area contributed by atoms with E-state index in [2.05, 4.69) is 15.3 Å². The summed E-state index contributed by atoms with van der Waals surface area (Å²) in [5, 5.41) is 22.5. The lowest BCUT2D eigenvalue weighted by Crippen LogP contribution is -1.90. The summed E-state index contributed by atoms with van der Waals surface area (Å²) < 4.78 is 1.68. The third-order valence-electron chi connectivity index (χ3n) is 2.42. The highest BCUT2D eigenvalue weighted by molar-refractivity contribution is 7.19. The Morgan fingerprint density at radius 3 is 2.88 bits per heavy atom. The molecular formula is C10H9N5OS. The van der Waals surface area contributed by atoms with Gasteiger partial charge in [-0.1, -0.05) is 11.3 Å². The molecule has 2 aromatic heterocycles. The molecule has 6 nitrogen and oxygen atoms in total. The van der Waals surface area contributed by atoms with Gasteiger partial charge in [-0.25, -0.2) is 0 Å². The number of benzene rings is 1. The molecule has 0 radical (unpaired) electrons. The zero-order chi connectivity index (χ0) is 12.0. The fourth-order valence-corrected chi connectivity index (χ4v) is 2.40. The van der Waals surface area contributed by atoms with Crippen molar-refractivity contribution in [2.45, 2.75) is 6.92 Å². The molecule has 1 aromatic carbocycles. The lowest BCUT2D eigenvalue weighted by Gasteiger charge is -2.00. The Kier molecular flexibility index (Phi) is 2.02. The van der Waals surface area contributed by atoms with Crippen LogP contribution >= 0.6 is 11.3 Å². The lowest BCUT2D eigenvalue weighted by atomic mass is 10.2. The molecule has 0 spiro atoms. The van der Waals surface area contributed by atoms with Crippen LogP contribution in [-0.2, 0) is 0 Å². The Balaban J connectivity index is 2.16. The second-order valence-electron chi connectivity index (χ2n) is 3.62. The molecule has 0 unspecified atom stereocenters. The summed E-state index contributed by atoms with van der Waals surface area (Å²) in [7, 11) is 0. The number of aromatic nitrogens is 4. The Labute approximate surface area is 100 Å². The van der Waals surface area contributed by atoms with Crippen LogP contribution in [0.1, 0.15) is 5.82 Å². The summed E-state index contributed by atoms with van der Waals surface area (Å²) in [4.78, 5) is 0.740. The van der Waals surface area contributed by atoms with E-state index in [4.69, 9.17) is 5.73 Å². The Morgan fingerprint density at radius 1 is 1.35 bits per heavy atom. The van der Waals surface area contributed by atoms with Crippen molar-refractivity contribution in [2.75, 3.05) is 5.73 Å². The van der Waals surface area contributed by atoms with Gasteiger partial charge in [0.1, 0.15) is 10.8 Å². The van der Waals surface area contributed by atoms with Crippen molar-refractivity contribution >= 4 is 22.0 Å². The van der Waals surface area contributed by atoms with Gasteiger partial charge in [0, 0.05) is 5.56 Å². The van der Waals surface area contributed by atoms with Crippen LogP contribution in [0, 0.1) is 6.92 Å². The van der Waals surface area contributed by atoms with Crippen molar-refractivity contribution in [3.05, 3.63) is 24.0 Å². The van der Waals surface area contributed by atoms with Gasteiger partial charge in [-0.15, -0.1) is 10.2 Å². The molecule has 2 heterocycles. The van der Waals surface area contributed by atoms with Crippen molar-refractivity contribution in [2.24, 2.45) is 0 Å². The molecule has 0 atom stereocenters. The van der Waals surface area contributed by atoms with Crippen molar-refractivity contribution in [1.29, 1.82) is 0 Å². The predicted octanol–water partition coefficient (Wildman–Crippen LogP) is 1.45. The topological polar surface area (TPSA) is 89.3 Å². The monoisotopic (exact) mass is 247 g/mol. The van der Waals surface area contributed by atoms with Gasteiger partial charge in [0.15, 0.2) is 5.82 Å². The number of nitrogens with zero attached hydrogens (tertiary/aromatic N) is 4. The SMILES string of the molecule is Cc1nnc2sc(-c3ccc(O)c(N)c3)nn12. The van der Waals surface area contributed by atoms with Crippen LogP contribution in [0.4, 0.5) is 5.69 Å². The average molecular weight is 247 g/mol. The molecule has 0 bridgehead atoms. The summed E-state index contributed by atoms with van der Waals surface area (Å²) in [6, 6.07) is 5.02. The van der Waals surface area contributed by atoms with Crippen LogP contribution in [0.15, 0.2) is 18.2 Å². The molecule has 0 fully saturated rings. The van der Waals surface area contributed by atoms with E-state index in [-0.39, 0.29) is 5.75 Å². The number of rotatable bonds is 1. The Bertz CT molecular complexity index is 702. The third kappa shape index (κ3) is 1.51. The van der Waals surface area contributed by atoms with E-state index in [0.29, 0.717) is 5.69 Å². The zero-order valence-electron chi connectivity index (χ0n) is 8.95. The smallest absolute Gasteiger partial charge is 0.234 e. The summed E-state index contributed by atoms with van der Waals surface area (Å²) in [5.41, 5.74) is 6.84. The minimum atomic E-state index is 0.0768. The molecule has 0 saturated carbocycles. The maximum absolute atomic E-state index is 9.36. The number of phenols is 1. The molecule has 0 aliphatic rings. The number of aryl methyl sites for hydroxylation is 1. The van der Waals surface area contributed by atoms with Crippen LogP contribution in [0.5, 0.6) is 5.75 Å². The summed E-state index contributed by atoms with van der Waals surface area (Å²) >= 11 is 1.43. The van der Waals surface area contributed by atoms with Gasteiger partial charge in [0.25, 0.3) is 0 Å². The molecule has 0 saturated heterocycles. The third-order valence-corrected chi connectivity index (χ3v) is 3.37. The van der Waals surface area contributed by atoms with Gasteiger partial charge in [-0.3, -0.25) is 0 Å².